The summed E-state index contributed by atoms with van der Waals surface area (Å²) >= 11 is 0. The Labute approximate surface area is 116 Å². The van der Waals surface area contributed by atoms with E-state index in [1.54, 1.807) is 0 Å². The van der Waals surface area contributed by atoms with E-state index in [-0.39, 0.29) is 30.3 Å². The lowest BCUT2D eigenvalue weighted by atomic mass is 10.1. The second-order valence-corrected chi connectivity index (χ2v) is 6.73. The number of hydrogen-bond acceptors (Lipinski definition) is 4. The Morgan fingerprint density at radius 3 is 2.67 bits per heavy atom. The normalized spacial score (nSPS) is 29.6. The first-order chi connectivity index (χ1) is 8.16. The molecule has 7 heteroatoms. The molecule has 2 saturated heterocycles. The SMILES string of the molecule is Cl.O=S(=O)(CC1CCCCO1)N[C@H]1CCCNC1. The topological polar surface area (TPSA) is 67.4 Å². The Bertz CT molecular complexity index is 299. The first kappa shape index (κ1) is 16.2. The van der Waals surface area contributed by atoms with Gasteiger partial charge in [-0.25, -0.2) is 13.1 Å². The van der Waals surface area contributed by atoms with Crippen LogP contribution >= 0.6 is 12.4 Å². The zero-order valence-corrected chi connectivity index (χ0v) is 12.2. The third-order valence-electron chi connectivity index (χ3n) is 3.32. The van der Waals surface area contributed by atoms with Gasteiger partial charge in [-0.15, -0.1) is 12.4 Å². The molecule has 2 heterocycles. The van der Waals surface area contributed by atoms with Gasteiger partial charge in [-0.3, -0.25) is 0 Å². The molecule has 2 atom stereocenters. The molecule has 0 aromatic rings. The van der Waals surface area contributed by atoms with E-state index in [0.717, 1.165) is 45.2 Å². The second kappa shape index (κ2) is 7.65. The molecule has 1 unspecified atom stereocenters. The molecular weight excluding hydrogens is 276 g/mol. The number of piperidine rings is 1. The molecule has 2 aliphatic rings. The van der Waals surface area contributed by atoms with E-state index < -0.39 is 10.0 Å². The number of sulfonamides is 1. The van der Waals surface area contributed by atoms with Crippen LogP contribution in [0.5, 0.6) is 0 Å². The van der Waals surface area contributed by atoms with Crippen molar-refractivity contribution in [1.82, 2.24) is 10.0 Å². The summed E-state index contributed by atoms with van der Waals surface area (Å²) in [6.07, 6.45) is 4.84. The Kier molecular flexibility index (Phi) is 6.87. The Morgan fingerprint density at radius 1 is 1.22 bits per heavy atom. The van der Waals surface area contributed by atoms with Crippen molar-refractivity contribution in [2.75, 3.05) is 25.4 Å². The highest BCUT2D eigenvalue weighted by molar-refractivity contribution is 7.89. The lowest BCUT2D eigenvalue weighted by Gasteiger charge is -2.26. The van der Waals surface area contributed by atoms with Crippen molar-refractivity contribution in [3.05, 3.63) is 0 Å². The van der Waals surface area contributed by atoms with Crippen LogP contribution in [0.2, 0.25) is 0 Å². The molecule has 0 saturated carbocycles. The minimum absolute atomic E-state index is 0. The van der Waals surface area contributed by atoms with Gasteiger partial charge in [0.15, 0.2) is 0 Å². The van der Waals surface area contributed by atoms with Gasteiger partial charge in [-0.05, 0) is 38.6 Å². The third kappa shape index (κ3) is 5.40. The van der Waals surface area contributed by atoms with Crippen molar-refractivity contribution < 1.29 is 13.2 Å². The Morgan fingerprint density at radius 2 is 2.06 bits per heavy atom. The molecule has 18 heavy (non-hydrogen) atoms. The van der Waals surface area contributed by atoms with E-state index in [2.05, 4.69) is 10.0 Å². The van der Waals surface area contributed by atoms with Crippen molar-refractivity contribution in [1.29, 1.82) is 0 Å². The van der Waals surface area contributed by atoms with Crippen molar-refractivity contribution in [2.24, 2.45) is 0 Å². The average molecular weight is 299 g/mol. The van der Waals surface area contributed by atoms with Crippen LogP contribution in [0.25, 0.3) is 0 Å². The maximum absolute atomic E-state index is 11.9. The predicted octanol–water partition coefficient (Wildman–Crippen LogP) is 0.649. The van der Waals surface area contributed by atoms with Gasteiger partial charge in [0.05, 0.1) is 11.9 Å². The number of ether oxygens (including phenoxy) is 1. The zero-order valence-electron chi connectivity index (χ0n) is 10.6. The van der Waals surface area contributed by atoms with E-state index in [0.29, 0.717) is 6.61 Å². The molecule has 0 aliphatic carbocycles. The van der Waals surface area contributed by atoms with Crippen molar-refractivity contribution in [3.63, 3.8) is 0 Å². The predicted molar refractivity (Wildman–Crippen MR) is 73.7 cm³/mol. The van der Waals surface area contributed by atoms with Crippen molar-refractivity contribution >= 4 is 22.4 Å². The fourth-order valence-corrected chi connectivity index (χ4v) is 4.00. The van der Waals surface area contributed by atoms with Crippen LogP contribution in [0.1, 0.15) is 32.1 Å². The number of hydrogen-bond donors (Lipinski definition) is 2. The van der Waals surface area contributed by atoms with Crippen molar-refractivity contribution in [2.45, 2.75) is 44.2 Å². The van der Waals surface area contributed by atoms with E-state index in [4.69, 9.17) is 4.74 Å². The van der Waals surface area contributed by atoms with E-state index in [1.807, 2.05) is 0 Å². The van der Waals surface area contributed by atoms with Crippen LogP contribution < -0.4 is 10.0 Å². The highest BCUT2D eigenvalue weighted by Crippen LogP contribution is 2.14. The van der Waals surface area contributed by atoms with E-state index in [1.165, 1.54) is 0 Å². The van der Waals surface area contributed by atoms with Crippen LogP contribution in [0, 0.1) is 0 Å². The lowest BCUT2D eigenvalue weighted by molar-refractivity contribution is 0.0303. The first-order valence-corrected chi connectivity index (χ1v) is 8.13. The van der Waals surface area contributed by atoms with Gasteiger partial charge >= 0.3 is 0 Å². The molecule has 0 aromatic heterocycles. The van der Waals surface area contributed by atoms with Gasteiger partial charge in [-0.1, -0.05) is 0 Å². The fraction of sp³-hybridized carbons (Fsp3) is 1.00. The zero-order chi connectivity index (χ0) is 12.1. The number of rotatable bonds is 4. The molecule has 5 nitrogen and oxygen atoms in total. The van der Waals surface area contributed by atoms with Gasteiger partial charge in [-0.2, -0.15) is 0 Å². The average Bonchev–Trinajstić information content (AvgIpc) is 2.30. The van der Waals surface area contributed by atoms with Crippen LogP contribution in [0.4, 0.5) is 0 Å². The summed E-state index contributed by atoms with van der Waals surface area (Å²) in [6.45, 7) is 2.43. The van der Waals surface area contributed by atoms with Crippen molar-refractivity contribution in [3.8, 4) is 0 Å². The van der Waals surface area contributed by atoms with Gasteiger partial charge in [0.25, 0.3) is 0 Å². The molecule has 0 bridgehead atoms. The minimum atomic E-state index is -3.20. The summed E-state index contributed by atoms with van der Waals surface area (Å²) in [4.78, 5) is 0. The molecule has 0 spiro atoms. The maximum atomic E-state index is 11.9. The summed E-state index contributed by atoms with van der Waals surface area (Å²) in [5.74, 6) is 0.115. The number of nitrogens with one attached hydrogen (secondary N) is 2. The summed E-state index contributed by atoms with van der Waals surface area (Å²) in [5.41, 5.74) is 0. The molecule has 0 radical (unpaired) electrons. The second-order valence-electron chi connectivity index (χ2n) is 4.93. The summed E-state index contributed by atoms with van der Waals surface area (Å²) in [5, 5.41) is 3.20. The molecule has 2 rings (SSSR count). The van der Waals surface area contributed by atoms with Gasteiger partial charge in [0.2, 0.25) is 10.0 Å². The van der Waals surface area contributed by atoms with Crippen LogP contribution in [-0.2, 0) is 14.8 Å². The Hall–Kier alpha value is 0.120. The molecule has 2 fully saturated rings. The fourth-order valence-electron chi connectivity index (χ4n) is 2.44. The molecule has 2 N–H and O–H groups in total. The molecule has 2 aliphatic heterocycles. The monoisotopic (exact) mass is 298 g/mol. The quantitative estimate of drug-likeness (QED) is 0.800. The molecular formula is C11H23ClN2O3S. The van der Waals surface area contributed by atoms with Gasteiger partial charge in [0.1, 0.15) is 0 Å². The minimum Gasteiger partial charge on any atom is -0.377 e. The van der Waals surface area contributed by atoms with Crippen LogP contribution in [0.3, 0.4) is 0 Å². The van der Waals surface area contributed by atoms with E-state index >= 15 is 0 Å². The largest absolute Gasteiger partial charge is 0.377 e. The highest BCUT2D eigenvalue weighted by atomic mass is 35.5. The van der Waals surface area contributed by atoms with Gasteiger partial charge in [0, 0.05) is 19.2 Å². The molecule has 108 valence electrons. The van der Waals surface area contributed by atoms with Gasteiger partial charge < -0.3 is 10.1 Å². The lowest BCUT2D eigenvalue weighted by Crippen LogP contribution is -2.47. The standard InChI is InChI=1S/C11H22N2O3S.ClH/c14-17(15,9-11-5-1-2-7-16-11)13-10-4-3-6-12-8-10;/h10-13H,1-9H2;1H/t10-,11?;/m0./s1. The van der Waals surface area contributed by atoms with Crippen LogP contribution in [0.15, 0.2) is 0 Å². The highest BCUT2D eigenvalue weighted by Gasteiger charge is 2.25. The molecule has 0 amide bonds. The summed E-state index contributed by atoms with van der Waals surface area (Å²) < 4.78 is 32.1. The number of halogens is 1. The van der Waals surface area contributed by atoms with Crippen LogP contribution in [-0.4, -0.2) is 46.0 Å². The summed E-state index contributed by atoms with van der Waals surface area (Å²) in [7, 11) is -3.20. The first-order valence-electron chi connectivity index (χ1n) is 6.48. The third-order valence-corrected chi connectivity index (χ3v) is 4.83. The summed E-state index contributed by atoms with van der Waals surface area (Å²) in [6, 6.07) is 0.0531. The molecule has 0 aromatic carbocycles. The Balaban J connectivity index is 0.00000162. The maximum Gasteiger partial charge on any atom is 0.214 e. The van der Waals surface area contributed by atoms with E-state index in [9.17, 15) is 8.42 Å². The smallest absolute Gasteiger partial charge is 0.214 e.